The van der Waals surface area contributed by atoms with E-state index in [0.29, 0.717) is 12.4 Å². The topological polar surface area (TPSA) is 43.8 Å². The molecular formula is C13H15N3. The fourth-order valence-electron chi connectivity index (χ4n) is 1.61. The second kappa shape index (κ2) is 4.23. The number of allylic oxidation sites excluding steroid dienone is 1. The van der Waals surface area contributed by atoms with E-state index in [9.17, 15) is 0 Å². The predicted octanol–water partition coefficient (Wildman–Crippen LogP) is 2.63. The summed E-state index contributed by atoms with van der Waals surface area (Å²) in [5, 5.41) is 0. The van der Waals surface area contributed by atoms with Crippen molar-refractivity contribution in [3.63, 3.8) is 0 Å². The normalized spacial score (nSPS) is 10.3. The van der Waals surface area contributed by atoms with Gasteiger partial charge >= 0.3 is 0 Å². The Bertz CT molecular complexity index is 494. The van der Waals surface area contributed by atoms with Crippen LogP contribution in [0, 0.1) is 6.92 Å². The minimum Gasteiger partial charge on any atom is -0.383 e. The lowest BCUT2D eigenvalue weighted by molar-refractivity contribution is 0.833. The van der Waals surface area contributed by atoms with Gasteiger partial charge in [-0.15, -0.1) is 6.58 Å². The summed E-state index contributed by atoms with van der Waals surface area (Å²) in [7, 11) is 0. The smallest absolute Gasteiger partial charge is 0.131 e. The van der Waals surface area contributed by atoms with Crippen LogP contribution in [0.3, 0.4) is 0 Å². The van der Waals surface area contributed by atoms with E-state index in [4.69, 9.17) is 5.73 Å². The first-order valence-corrected chi connectivity index (χ1v) is 5.21. The van der Waals surface area contributed by atoms with Crippen LogP contribution in [0.4, 0.5) is 5.82 Å². The summed E-state index contributed by atoms with van der Waals surface area (Å²) in [5.41, 5.74) is 9.12. The van der Waals surface area contributed by atoms with Gasteiger partial charge in [-0.1, -0.05) is 35.9 Å². The van der Waals surface area contributed by atoms with Gasteiger partial charge in [0.1, 0.15) is 11.5 Å². The predicted molar refractivity (Wildman–Crippen MR) is 67.0 cm³/mol. The fraction of sp³-hybridized carbons (Fsp3) is 0.154. The van der Waals surface area contributed by atoms with E-state index >= 15 is 0 Å². The van der Waals surface area contributed by atoms with Crippen LogP contribution in [0.1, 0.15) is 5.56 Å². The van der Waals surface area contributed by atoms with Crippen molar-refractivity contribution < 1.29 is 0 Å². The van der Waals surface area contributed by atoms with Gasteiger partial charge in [0, 0.05) is 12.1 Å². The van der Waals surface area contributed by atoms with Crippen LogP contribution in [-0.2, 0) is 6.54 Å². The quantitative estimate of drug-likeness (QED) is 0.796. The number of hydrogen-bond donors (Lipinski definition) is 1. The number of nitrogens with two attached hydrogens (primary N) is 1. The molecule has 1 aromatic heterocycles. The summed E-state index contributed by atoms with van der Waals surface area (Å²) in [5.74, 6) is 0.684. The molecular weight excluding hydrogens is 198 g/mol. The lowest BCUT2D eigenvalue weighted by atomic mass is 10.1. The molecule has 0 fully saturated rings. The summed E-state index contributed by atoms with van der Waals surface area (Å²) in [6.45, 7) is 6.43. The third-order valence-corrected chi connectivity index (χ3v) is 2.53. The third-order valence-electron chi connectivity index (χ3n) is 2.53. The molecule has 2 aromatic rings. The number of imidazole rings is 1. The second-order valence-electron chi connectivity index (χ2n) is 3.79. The van der Waals surface area contributed by atoms with Gasteiger partial charge in [0.25, 0.3) is 0 Å². The van der Waals surface area contributed by atoms with Gasteiger partial charge in [0.15, 0.2) is 0 Å². The zero-order valence-corrected chi connectivity index (χ0v) is 9.35. The average Bonchev–Trinajstić information content (AvgIpc) is 2.63. The van der Waals surface area contributed by atoms with Crippen molar-refractivity contribution in [1.29, 1.82) is 0 Å². The lowest BCUT2D eigenvalue weighted by Gasteiger charge is -2.02. The molecule has 1 aromatic carbocycles. The first-order chi connectivity index (χ1) is 7.72. The number of nitrogens with zero attached hydrogens (tertiary/aromatic N) is 2. The summed E-state index contributed by atoms with van der Waals surface area (Å²) < 4.78 is 1.88. The molecule has 0 aliphatic carbocycles. The van der Waals surface area contributed by atoms with Crippen molar-refractivity contribution in [3.05, 3.63) is 48.8 Å². The second-order valence-corrected chi connectivity index (χ2v) is 3.79. The molecule has 2 N–H and O–H groups in total. The number of aromatic nitrogens is 2. The van der Waals surface area contributed by atoms with Gasteiger partial charge in [0.2, 0.25) is 0 Å². The number of nitrogen functional groups attached to an aromatic ring is 1. The van der Waals surface area contributed by atoms with Gasteiger partial charge in [-0.25, -0.2) is 4.98 Å². The summed E-state index contributed by atoms with van der Waals surface area (Å²) in [6, 6.07) is 8.18. The van der Waals surface area contributed by atoms with Gasteiger partial charge in [-0.2, -0.15) is 0 Å². The highest BCUT2D eigenvalue weighted by atomic mass is 15.1. The molecule has 0 aliphatic rings. The van der Waals surface area contributed by atoms with Crippen LogP contribution in [0.2, 0.25) is 0 Å². The van der Waals surface area contributed by atoms with E-state index in [-0.39, 0.29) is 0 Å². The van der Waals surface area contributed by atoms with Crippen LogP contribution in [0.25, 0.3) is 11.3 Å². The molecule has 82 valence electrons. The molecule has 16 heavy (non-hydrogen) atoms. The largest absolute Gasteiger partial charge is 0.383 e. The number of aryl methyl sites for hydroxylation is 1. The molecule has 0 spiro atoms. The summed E-state index contributed by atoms with van der Waals surface area (Å²) in [6.07, 6.45) is 3.54. The summed E-state index contributed by atoms with van der Waals surface area (Å²) >= 11 is 0. The van der Waals surface area contributed by atoms with Crippen LogP contribution >= 0.6 is 0 Å². The number of rotatable bonds is 3. The molecule has 0 unspecified atom stereocenters. The maximum Gasteiger partial charge on any atom is 0.131 e. The Balaban J connectivity index is 2.40. The van der Waals surface area contributed by atoms with Crippen molar-refractivity contribution in [2.75, 3.05) is 5.73 Å². The van der Waals surface area contributed by atoms with E-state index < -0.39 is 0 Å². The fourth-order valence-corrected chi connectivity index (χ4v) is 1.61. The maximum absolute atomic E-state index is 6.01. The van der Waals surface area contributed by atoms with Gasteiger partial charge in [-0.05, 0) is 6.92 Å². The Morgan fingerprint density at radius 1 is 1.38 bits per heavy atom. The first kappa shape index (κ1) is 10.5. The highest BCUT2D eigenvalue weighted by molar-refractivity contribution is 5.70. The monoisotopic (exact) mass is 213 g/mol. The van der Waals surface area contributed by atoms with E-state index in [0.717, 1.165) is 11.3 Å². The van der Waals surface area contributed by atoms with E-state index in [1.165, 1.54) is 5.56 Å². The zero-order chi connectivity index (χ0) is 11.5. The Morgan fingerprint density at radius 3 is 2.69 bits per heavy atom. The molecule has 3 nitrogen and oxygen atoms in total. The van der Waals surface area contributed by atoms with E-state index in [1.54, 1.807) is 12.4 Å². The van der Waals surface area contributed by atoms with Gasteiger partial charge < -0.3 is 10.3 Å². The van der Waals surface area contributed by atoms with Crippen molar-refractivity contribution in [1.82, 2.24) is 9.55 Å². The Hall–Kier alpha value is -2.03. The maximum atomic E-state index is 6.01. The Labute approximate surface area is 95.2 Å². The van der Waals surface area contributed by atoms with E-state index in [2.05, 4.69) is 30.6 Å². The average molecular weight is 213 g/mol. The molecule has 0 bridgehead atoms. The molecule has 1 heterocycles. The number of anilines is 1. The Morgan fingerprint density at radius 2 is 2.06 bits per heavy atom. The zero-order valence-electron chi connectivity index (χ0n) is 9.35. The molecule has 0 atom stereocenters. The third kappa shape index (κ3) is 1.84. The molecule has 0 saturated carbocycles. The van der Waals surface area contributed by atoms with Crippen LogP contribution < -0.4 is 5.73 Å². The van der Waals surface area contributed by atoms with Gasteiger partial charge in [-0.3, -0.25) is 0 Å². The molecule has 0 amide bonds. The summed E-state index contributed by atoms with van der Waals surface area (Å²) in [4.78, 5) is 4.32. The number of hydrogen-bond acceptors (Lipinski definition) is 2. The minimum atomic E-state index is 0.684. The Kier molecular flexibility index (Phi) is 2.77. The van der Waals surface area contributed by atoms with Crippen molar-refractivity contribution in [2.45, 2.75) is 13.5 Å². The molecule has 0 radical (unpaired) electrons. The van der Waals surface area contributed by atoms with Crippen molar-refractivity contribution >= 4 is 5.82 Å². The van der Waals surface area contributed by atoms with Crippen LogP contribution in [-0.4, -0.2) is 9.55 Å². The molecule has 2 rings (SSSR count). The highest BCUT2D eigenvalue weighted by Crippen LogP contribution is 2.24. The molecule has 3 heteroatoms. The number of benzene rings is 1. The minimum absolute atomic E-state index is 0.684. The molecule has 0 aliphatic heterocycles. The lowest BCUT2D eigenvalue weighted by Crippen LogP contribution is -2.00. The van der Waals surface area contributed by atoms with Gasteiger partial charge in [0.05, 0.1) is 6.33 Å². The van der Waals surface area contributed by atoms with Crippen molar-refractivity contribution in [3.8, 4) is 11.3 Å². The first-order valence-electron chi connectivity index (χ1n) is 5.21. The van der Waals surface area contributed by atoms with Crippen LogP contribution in [0.15, 0.2) is 43.2 Å². The molecule has 0 saturated heterocycles. The van der Waals surface area contributed by atoms with Crippen molar-refractivity contribution in [2.24, 2.45) is 0 Å². The van der Waals surface area contributed by atoms with Crippen LogP contribution in [0.5, 0.6) is 0 Å². The standard InChI is InChI=1S/C13H15N3/c1-3-8-16-9-15-12(13(16)14)11-6-4-10(2)5-7-11/h3-7,9H,1,8,14H2,2H3. The SMILES string of the molecule is C=CCn1cnc(-c2ccc(C)cc2)c1N. The highest BCUT2D eigenvalue weighted by Gasteiger charge is 2.08. The van der Waals surface area contributed by atoms with E-state index in [1.807, 2.05) is 16.7 Å².